The lowest BCUT2D eigenvalue weighted by Crippen LogP contribution is -2.75. The van der Waals surface area contributed by atoms with E-state index in [0.717, 1.165) is 11.4 Å². The van der Waals surface area contributed by atoms with E-state index >= 15 is 0 Å². The molecule has 0 aliphatic rings. The van der Waals surface area contributed by atoms with Crippen LogP contribution in [0.5, 0.6) is 0 Å². The molecule has 0 fully saturated rings. The van der Waals surface area contributed by atoms with Gasteiger partial charge in [0.15, 0.2) is 8.07 Å². The predicted octanol–water partition coefficient (Wildman–Crippen LogP) is 12.6. The molecule has 0 spiro atoms. The van der Waals surface area contributed by atoms with Gasteiger partial charge in [0.2, 0.25) is 0 Å². The first-order valence-electron chi connectivity index (χ1n) is 21.8. The van der Waals surface area contributed by atoms with Crippen LogP contribution in [0.3, 0.4) is 0 Å². The Morgan fingerprint density at radius 1 is 0.270 bits per heavy atom. The molecule has 3 heteroatoms. The molecule has 0 saturated carbocycles. The minimum atomic E-state index is -2.99. The lowest BCUT2D eigenvalue weighted by molar-refractivity contribution is 1.17. The molecule has 63 heavy (non-hydrogen) atoms. The molecule has 10 aromatic carbocycles. The maximum atomic E-state index is 2.62. The first-order valence-corrected chi connectivity index (χ1v) is 23.8. The number of nitrogens with zero attached hydrogens (tertiary/aromatic N) is 2. The maximum absolute atomic E-state index is 2.99. The summed E-state index contributed by atoms with van der Waals surface area (Å²) in [5.74, 6) is 0. The highest BCUT2D eigenvalue weighted by atomic mass is 28.3. The summed E-state index contributed by atoms with van der Waals surface area (Å²) in [5, 5.41) is 10.3. The van der Waals surface area contributed by atoms with E-state index < -0.39 is 8.07 Å². The number of benzene rings is 10. The second kappa shape index (κ2) is 15.2. The second-order valence-corrected chi connectivity index (χ2v) is 20.1. The quantitative estimate of drug-likeness (QED) is 0.107. The van der Waals surface area contributed by atoms with Crippen LogP contribution in [0.1, 0.15) is 0 Å². The van der Waals surface area contributed by atoms with E-state index in [-0.39, 0.29) is 0 Å². The van der Waals surface area contributed by atoms with Crippen molar-refractivity contribution in [3.63, 3.8) is 0 Å². The van der Waals surface area contributed by atoms with Crippen LogP contribution < -0.4 is 20.7 Å². The number of para-hydroxylation sites is 4. The minimum absolute atomic E-state index is 1.15. The molecule has 2 heterocycles. The lowest BCUT2D eigenvalue weighted by Gasteiger charge is -2.35. The molecule has 0 bridgehead atoms. The molecule has 12 aromatic rings. The molecule has 296 valence electrons. The van der Waals surface area contributed by atoms with Crippen molar-refractivity contribution in [2.45, 2.75) is 0 Å². The Morgan fingerprint density at radius 2 is 0.714 bits per heavy atom. The van der Waals surface area contributed by atoms with Crippen LogP contribution in [0.15, 0.2) is 255 Å². The van der Waals surface area contributed by atoms with Crippen LogP contribution in [-0.2, 0) is 0 Å². The van der Waals surface area contributed by atoms with E-state index in [4.69, 9.17) is 0 Å². The van der Waals surface area contributed by atoms with Gasteiger partial charge >= 0.3 is 0 Å². The number of aromatic nitrogens is 2. The minimum Gasteiger partial charge on any atom is -0.309 e. The summed E-state index contributed by atoms with van der Waals surface area (Å²) in [6.07, 6.45) is 0. The third kappa shape index (κ3) is 5.71. The van der Waals surface area contributed by atoms with Gasteiger partial charge in [-0.3, -0.25) is 0 Å². The van der Waals surface area contributed by atoms with Gasteiger partial charge in [0, 0.05) is 32.7 Å². The van der Waals surface area contributed by atoms with Crippen molar-refractivity contribution in [3.05, 3.63) is 255 Å². The van der Waals surface area contributed by atoms with Gasteiger partial charge in [-0.25, -0.2) is 0 Å². The summed E-state index contributed by atoms with van der Waals surface area (Å²) in [6, 6.07) is 94.4. The standard InChI is InChI=1S/C60H42N2Si/c1-6-23-43(24-7-1)48-33-16-19-37-53(48)61-55-39-21-18-35-52(55)58-56(42-41-49(60(58)61)44-25-8-2-9-26-44)62-54-38-20-17-34-50(54)51-36-22-40-57(59(51)62)63(45-27-10-3-11-28-45,46-29-12-4-13-30-46)47-31-14-5-15-32-47/h1-42H. The molecule has 0 aliphatic carbocycles. The monoisotopic (exact) mass is 818 g/mol. The Balaban J connectivity index is 1.29. The molecule has 0 amide bonds. The molecule has 0 radical (unpaired) electrons. The largest absolute Gasteiger partial charge is 0.309 e. The van der Waals surface area contributed by atoms with E-state index in [1.807, 2.05) is 0 Å². The fraction of sp³-hybridized carbons (Fsp3) is 0. The van der Waals surface area contributed by atoms with Crippen molar-refractivity contribution in [2.75, 3.05) is 0 Å². The predicted molar refractivity (Wildman–Crippen MR) is 270 cm³/mol. The van der Waals surface area contributed by atoms with Crippen LogP contribution in [0.25, 0.3) is 77.2 Å². The molecule has 0 saturated heterocycles. The van der Waals surface area contributed by atoms with E-state index in [1.54, 1.807) is 0 Å². The highest BCUT2D eigenvalue weighted by Gasteiger charge is 2.43. The second-order valence-electron chi connectivity index (χ2n) is 16.4. The molecule has 0 aliphatic heterocycles. The maximum Gasteiger partial charge on any atom is 0.181 e. The zero-order chi connectivity index (χ0) is 41.7. The number of rotatable bonds is 8. The van der Waals surface area contributed by atoms with Crippen molar-refractivity contribution < 1.29 is 0 Å². The summed E-state index contributed by atoms with van der Waals surface area (Å²) >= 11 is 0. The Hall–Kier alpha value is -7.98. The van der Waals surface area contributed by atoms with Gasteiger partial charge in [0.1, 0.15) is 0 Å². The molecular weight excluding hydrogens is 777 g/mol. The summed E-state index contributed by atoms with van der Waals surface area (Å²) in [4.78, 5) is 0. The first-order chi connectivity index (χ1) is 31.3. The Labute approximate surface area is 368 Å². The lowest BCUT2D eigenvalue weighted by atomic mass is 9.99. The van der Waals surface area contributed by atoms with Gasteiger partial charge in [-0.2, -0.15) is 0 Å². The fourth-order valence-electron chi connectivity index (χ4n) is 10.5. The van der Waals surface area contributed by atoms with Gasteiger partial charge in [-0.05, 0) is 56.1 Å². The van der Waals surface area contributed by atoms with Crippen LogP contribution in [0.2, 0.25) is 0 Å². The van der Waals surface area contributed by atoms with E-state index in [2.05, 4.69) is 264 Å². The fourth-order valence-corrected chi connectivity index (χ4v) is 15.5. The van der Waals surface area contributed by atoms with Crippen LogP contribution >= 0.6 is 0 Å². The summed E-state index contributed by atoms with van der Waals surface area (Å²) < 4.78 is 5.15. The average Bonchev–Trinajstić information content (AvgIpc) is 3.90. The molecule has 0 N–H and O–H groups in total. The first kappa shape index (κ1) is 36.8. The van der Waals surface area contributed by atoms with E-state index in [0.29, 0.717) is 0 Å². The highest BCUT2D eigenvalue weighted by molar-refractivity contribution is 7.20. The Morgan fingerprint density at radius 3 is 1.32 bits per heavy atom. The molecular formula is C60H42N2Si. The van der Waals surface area contributed by atoms with Crippen molar-refractivity contribution >= 4 is 72.4 Å². The van der Waals surface area contributed by atoms with Gasteiger partial charge in [0.05, 0.1) is 33.4 Å². The zero-order valence-electron chi connectivity index (χ0n) is 34.6. The summed E-state index contributed by atoms with van der Waals surface area (Å²) in [7, 11) is -2.99. The normalized spacial score (nSPS) is 11.8. The van der Waals surface area contributed by atoms with E-state index in [1.165, 1.54) is 86.6 Å². The van der Waals surface area contributed by atoms with Gasteiger partial charge in [0.25, 0.3) is 0 Å². The Kier molecular flexibility index (Phi) is 8.87. The van der Waals surface area contributed by atoms with E-state index in [9.17, 15) is 0 Å². The van der Waals surface area contributed by atoms with Crippen molar-refractivity contribution in [1.82, 2.24) is 9.13 Å². The number of hydrogen-bond donors (Lipinski definition) is 0. The van der Waals surface area contributed by atoms with Gasteiger partial charge in [-0.1, -0.05) is 231 Å². The smallest absolute Gasteiger partial charge is 0.181 e. The summed E-state index contributed by atoms with van der Waals surface area (Å²) in [5.41, 5.74) is 11.8. The average molecular weight is 819 g/mol. The SMILES string of the molecule is c1ccc(-c2ccccc2-n2c3ccccc3c3c(-n4c5ccccc5c5cccc([Si](c6ccccc6)(c6ccccc6)c6ccccc6)c54)ccc(-c4ccccc4)c32)cc1. The molecule has 12 rings (SSSR count). The topological polar surface area (TPSA) is 9.86 Å². The molecule has 0 unspecified atom stereocenters. The van der Waals surface area contributed by atoms with Gasteiger partial charge < -0.3 is 9.13 Å². The van der Waals surface area contributed by atoms with Crippen LogP contribution in [0.4, 0.5) is 0 Å². The van der Waals surface area contributed by atoms with Gasteiger partial charge in [-0.15, -0.1) is 0 Å². The molecule has 0 atom stereocenters. The molecule has 2 nitrogen and oxygen atoms in total. The number of hydrogen-bond acceptors (Lipinski definition) is 0. The van der Waals surface area contributed by atoms with Crippen molar-refractivity contribution in [2.24, 2.45) is 0 Å². The highest BCUT2D eigenvalue weighted by Crippen LogP contribution is 2.45. The number of fused-ring (bicyclic) bond motifs is 6. The summed E-state index contributed by atoms with van der Waals surface area (Å²) in [6.45, 7) is 0. The van der Waals surface area contributed by atoms with Crippen molar-refractivity contribution in [3.8, 4) is 33.6 Å². The third-order valence-electron chi connectivity index (χ3n) is 13.1. The van der Waals surface area contributed by atoms with Crippen LogP contribution in [0, 0.1) is 0 Å². The molecule has 2 aromatic heterocycles. The van der Waals surface area contributed by atoms with Crippen molar-refractivity contribution in [1.29, 1.82) is 0 Å². The van der Waals surface area contributed by atoms with Crippen LogP contribution in [-0.4, -0.2) is 17.2 Å². The zero-order valence-corrected chi connectivity index (χ0v) is 35.6. The third-order valence-corrected chi connectivity index (χ3v) is 17.9. The Bertz CT molecular complexity index is 3500.